The molecule has 0 unspecified atom stereocenters. The zero-order valence-corrected chi connectivity index (χ0v) is 11.5. The van der Waals surface area contributed by atoms with Crippen LogP contribution in [0, 0.1) is 0 Å². The first-order valence-electron chi connectivity index (χ1n) is 6.31. The fourth-order valence-corrected chi connectivity index (χ4v) is 1.70. The third kappa shape index (κ3) is 4.76. The molecular formula is C14H16N4O3. The second-order valence-electron chi connectivity index (χ2n) is 4.49. The molecule has 0 fully saturated rings. The van der Waals surface area contributed by atoms with E-state index in [-0.39, 0.29) is 6.29 Å². The Kier molecular flexibility index (Phi) is 6.13. The first kappa shape index (κ1) is 16.4. The van der Waals surface area contributed by atoms with Gasteiger partial charge in [0.1, 0.15) is 0 Å². The van der Waals surface area contributed by atoms with E-state index in [9.17, 15) is 14.4 Å². The van der Waals surface area contributed by atoms with E-state index < -0.39 is 29.5 Å². The zero-order chi connectivity index (χ0) is 15.8. The highest BCUT2D eigenvalue weighted by atomic mass is 16.2. The van der Waals surface area contributed by atoms with E-state index in [0.717, 1.165) is 5.56 Å². The maximum absolute atomic E-state index is 11.9. The molecule has 2 atom stereocenters. The molecule has 1 aromatic carbocycles. The average molecular weight is 288 g/mol. The Morgan fingerprint density at radius 2 is 2.00 bits per heavy atom. The highest BCUT2D eigenvalue weighted by molar-refractivity contribution is 6.59. The van der Waals surface area contributed by atoms with Gasteiger partial charge >= 0.3 is 5.71 Å². The van der Waals surface area contributed by atoms with Crippen molar-refractivity contribution >= 4 is 23.7 Å². The molecule has 0 aliphatic rings. The third-order valence-corrected chi connectivity index (χ3v) is 2.86. The molecule has 21 heavy (non-hydrogen) atoms. The van der Waals surface area contributed by atoms with Crippen molar-refractivity contribution in [1.29, 1.82) is 0 Å². The molecule has 0 heterocycles. The maximum Gasteiger partial charge on any atom is 0.399 e. The molecular weight excluding hydrogens is 272 g/mol. The highest BCUT2D eigenvalue weighted by Crippen LogP contribution is 2.02. The lowest BCUT2D eigenvalue weighted by Gasteiger charge is -2.15. The molecule has 0 aliphatic carbocycles. The topological polar surface area (TPSA) is 126 Å². The van der Waals surface area contributed by atoms with E-state index in [2.05, 4.69) is 10.1 Å². The van der Waals surface area contributed by atoms with Crippen molar-refractivity contribution in [3.63, 3.8) is 0 Å². The Bertz CT molecular complexity index is 579. The van der Waals surface area contributed by atoms with E-state index in [4.69, 9.17) is 11.3 Å². The van der Waals surface area contributed by atoms with Crippen molar-refractivity contribution in [1.82, 2.24) is 5.32 Å². The first-order valence-corrected chi connectivity index (χ1v) is 6.31. The molecule has 0 bridgehead atoms. The van der Waals surface area contributed by atoms with Crippen LogP contribution in [-0.4, -0.2) is 40.6 Å². The number of rotatable bonds is 7. The molecule has 0 spiro atoms. The Labute approximate surface area is 121 Å². The van der Waals surface area contributed by atoms with Crippen LogP contribution in [0.4, 0.5) is 0 Å². The smallest absolute Gasteiger partial charge is 0.360 e. The van der Waals surface area contributed by atoms with Crippen molar-refractivity contribution in [3.05, 3.63) is 41.4 Å². The zero-order valence-electron chi connectivity index (χ0n) is 11.5. The Morgan fingerprint density at radius 1 is 1.38 bits per heavy atom. The number of nitrogens with one attached hydrogen (secondary N) is 1. The maximum atomic E-state index is 11.9. The van der Waals surface area contributed by atoms with Crippen LogP contribution in [-0.2, 0) is 20.8 Å². The van der Waals surface area contributed by atoms with E-state index >= 15 is 0 Å². The van der Waals surface area contributed by atoms with Gasteiger partial charge in [0, 0.05) is 0 Å². The Hall–Kier alpha value is -2.63. The van der Waals surface area contributed by atoms with Gasteiger partial charge in [0.05, 0.1) is 12.1 Å². The predicted octanol–water partition coefficient (Wildman–Crippen LogP) is -0.500. The lowest BCUT2D eigenvalue weighted by molar-refractivity contribution is -0.128. The minimum atomic E-state index is -1.00. The lowest BCUT2D eigenvalue weighted by Crippen LogP contribution is -2.49. The molecule has 110 valence electrons. The van der Waals surface area contributed by atoms with Gasteiger partial charge in [0.25, 0.3) is 5.78 Å². The van der Waals surface area contributed by atoms with Gasteiger partial charge in [-0.25, -0.2) is 0 Å². The van der Waals surface area contributed by atoms with Crippen LogP contribution in [0.1, 0.15) is 12.5 Å². The van der Waals surface area contributed by atoms with Gasteiger partial charge in [-0.1, -0.05) is 30.3 Å². The Balaban J connectivity index is 2.62. The summed E-state index contributed by atoms with van der Waals surface area (Å²) in [5.74, 6) is -1.31. The number of ketones is 1. The lowest BCUT2D eigenvalue weighted by atomic mass is 10.0. The number of amides is 1. The summed E-state index contributed by atoms with van der Waals surface area (Å²) in [6.45, 7) is 1.38. The second-order valence-corrected chi connectivity index (χ2v) is 4.49. The highest BCUT2D eigenvalue weighted by Gasteiger charge is 2.28. The molecule has 1 amide bonds. The van der Waals surface area contributed by atoms with Crippen molar-refractivity contribution in [2.45, 2.75) is 25.4 Å². The number of hydrogen-bond donors (Lipinski definition) is 2. The molecule has 0 saturated heterocycles. The number of hydrogen-bond acceptors (Lipinski definition) is 4. The Morgan fingerprint density at radius 3 is 2.52 bits per heavy atom. The summed E-state index contributed by atoms with van der Waals surface area (Å²) in [6.07, 6.45) is 0.442. The van der Waals surface area contributed by atoms with Gasteiger partial charge in [0.15, 0.2) is 0 Å². The van der Waals surface area contributed by atoms with Crippen LogP contribution in [0.2, 0.25) is 0 Å². The van der Waals surface area contributed by atoms with Gasteiger partial charge in [0.2, 0.25) is 12.2 Å². The summed E-state index contributed by atoms with van der Waals surface area (Å²) < 4.78 is 0. The number of benzene rings is 1. The summed E-state index contributed by atoms with van der Waals surface area (Å²) in [6, 6.07) is 7.37. The van der Waals surface area contributed by atoms with Crippen LogP contribution in [0.5, 0.6) is 0 Å². The number of carbonyl (C=O) groups is 3. The molecule has 1 rings (SSSR count). The van der Waals surface area contributed by atoms with E-state index in [1.54, 1.807) is 0 Å². The van der Waals surface area contributed by atoms with Crippen molar-refractivity contribution in [2.24, 2.45) is 5.73 Å². The summed E-state index contributed by atoms with van der Waals surface area (Å²) in [5, 5.41) is 2.38. The van der Waals surface area contributed by atoms with Crippen molar-refractivity contribution in [3.8, 4) is 0 Å². The molecule has 0 saturated carbocycles. The SMILES string of the molecule is C[C@@H](NC(=O)[C@@H](N)Cc1ccccc1)C(=O)C(C=O)=[N+]=[N-]. The standard InChI is InChI=1S/C14H16N4O3/c1-9(13(20)12(8-19)18-16)17-14(21)11(15)7-10-5-3-2-4-6-10/h2-6,8-9,11H,7,15H2,1H3,(H,17,21)/t9-,11+/m1/s1. The van der Waals surface area contributed by atoms with E-state index in [0.29, 0.717) is 6.42 Å². The molecule has 7 nitrogen and oxygen atoms in total. The number of Topliss-reactive ketones (excluding diaryl/α,β-unsaturated/α-hetero) is 1. The van der Waals surface area contributed by atoms with Gasteiger partial charge < -0.3 is 16.6 Å². The van der Waals surface area contributed by atoms with Gasteiger partial charge in [-0.3, -0.25) is 14.4 Å². The molecule has 3 N–H and O–H groups in total. The minimum absolute atomic E-state index is 0.120. The summed E-state index contributed by atoms with van der Waals surface area (Å²) in [4.78, 5) is 36.6. The molecule has 0 aromatic heterocycles. The molecule has 0 radical (unpaired) electrons. The monoisotopic (exact) mass is 288 g/mol. The fourth-order valence-electron chi connectivity index (χ4n) is 1.70. The molecule has 7 heteroatoms. The third-order valence-electron chi connectivity index (χ3n) is 2.86. The number of nitrogens with two attached hydrogens (primary N) is 1. The number of aldehydes is 1. The first-order chi connectivity index (χ1) is 9.99. The molecule has 0 aliphatic heterocycles. The van der Waals surface area contributed by atoms with E-state index in [1.807, 2.05) is 30.3 Å². The summed E-state index contributed by atoms with van der Waals surface area (Å²) in [5.41, 5.74) is 14.5. The van der Waals surface area contributed by atoms with E-state index in [1.165, 1.54) is 6.92 Å². The number of nitrogens with zero attached hydrogens (tertiary/aromatic N) is 2. The van der Waals surface area contributed by atoms with Gasteiger partial charge in [-0.15, -0.1) is 0 Å². The van der Waals surface area contributed by atoms with Gasteiger partial charge in [-0.2, -0.15) is 4.79 Å². The average Bonchev–Trinajstić information content (AvgIpc) is 2.49. The predicted molar refractivity (Wildman–Crippen MR) is 75.4 cm³/mol. The van der Waals surface area contributed by atoms with Crippen LogP contribution < -0.4 is 11.1 Å². The second kappa shape index (κ2) is 7.84. The van der Waals surface area contributed by atoms with Crippen LogP contribution in [0.15, 0.2) is 30.3 Å². The fraction of sp³-hybridized carbons (Fsp3) is 0.286. The molecule has 1 aromatic rings. The van der Waals surface area contributed by atoms with Gasteiger partial charge in [-0.05, 0) is 18.9 Å². The quantitative estimate of drug-likeness (QED) is 0.230. The summed E-state index contributed by atoms with van der Waals surface area (Å²) >= 11 is 0. The minimum Gasteiger partial charge on any atom is -0.360 e. The van der Waals surface area contributed by atoms with Crippen LogP contribution >= 0.6 is 0 Å². The largest absolute Gasteiger partial charge is 0.399 e. The van der Waals surface area contributed by atoms with Crippen LogP contribution in [0.25, 0.3) is 5.53 Å². The normalized spacial score (nSPS) is 12.7. The van der Waals surface area contributed by atoms with Crippen molar-refractivity contribution in [2.75, 3.05) is 0 Å². The number of carbonyl (C=O) groups excluding carboxylic acids is 3. The van der Waals surface area contributed by atoms with Crippen molar-refractivity contribution < 1.29 is 19.2 Å². The summed E-state index contributed by atoms with van der Waals surface area (Å²) in [7, 11) is 0. The van der Waals surface area contributed by atoms with Crippen LogP contribution in [0.3, 0.4) is 0 Å².